The highest BCUT2D eigenvalue weighted by atomic mass is 19.1. The van der Waals surface area contributed by atoms with E-state index in [0.29, 0.717) is 5.75 Å². The highest BCUT2D eigenvalue weighted by molar-refractivity contribution is 5.83. The van der Waals surface area contributed by atoms with Crippen molar-refractivity contribution in [2.24, 2.45) is 0 Å². The SMILES string of the molecule is COc1ccc2c(=O)c(OC)c(-c3cc(F)ccc3F)oc2c1. The maximum Gasteiger partial charge on any atom is 0.235 e. The molecule has 3 aromatic rings. The standard InChI is InChI=1S/C17H12F2O4/c1-21-10-4-5-11-14(8-10)23-16(17(22-2)15(11)20)12-7-9(18)3-6-13(12)19/h3-8H,1-2H3. The fraction of sp³-hybridized carbons (Fsp3) is 0.118. The van der Waals surface area contributed by atoms with Crippen LogP contribution in [0.4, 0.5) is 8.78 Å². The number of ether oxygens (including phenoxy) is 2. The smallest absolute Gasteiger partial charge is 0.235 e. The molecule has 6 heteroatoms. The molecule has 0 saturated carbocycles. The van der Waals surface area contributed by atoms with Crippen molar-refractivity contribution in [1.29, 1.82) is 0 Å². The Morgan fingerprint density at radius 1 is 1.00 bits per heavy atom. The second-order valence-corrected chi connectivity index (χ2v) is 4.78. The largest absolute Gasteiger partial charge is 0.497 e. The summed E-state index contributed by atoms with van der Waals surface area (Å²) in [6.07, 6.45) is 0. The first-order chi connectivity index (χ1) is 11.0. The van der Waals surface area contributed by atoms with Gasteiger partial charge >= 0.3 is 0 Å². The van der Waals surface area contributed by atoms with Gasteiger partial charge in [-0.15, -0.1) is 0 Å². The van der Waals surface area contributed by atoms with E-state index in [-0.39, 0.29) is 28.0 Å². The van der Waals surface area contributed by atoms with Gasteiger partial charge in [-0.1, -0.05) is 0 Å². The Kier molecular flexibility index (Phi) is 3.73. The zero-order valence-corrected chi connectivity index (χ0v) is 12.4. The minimum absolute atomic E-state index is 0.171. The molecule has 2 aromatic carbocycles. The minimum Gasteiger partial charge on any atom is -0.497 e. The lowest BCUT2D eigenvalue weighted by Gasteiger charge is -2.10. The number of benzene rings is 2. The van der Waals surface area contributed by atoms with Gasteiger partial charge in [-0.05, 0) is 30.3 Å². The Morgan fingerprint density at radius 2 is 1.78 bits per heavy atom. The zero-order valence-electron chi connectivity index (χ0n) is 12.4. The van der Waals surface area contributed by atoms with Crippen LogP contribution in [0.2, 0.25) is 0 Å². The lowest BCUT2D eigenvalue weighted by Crippen LogP contribution is -2.08. The lowest BCUT2D eigenvalue weighted by molar-refractivity contribution is 0.396. The van der Waals surface area contributed by atoms with Crippen molar-refractivity contribution in [3.05, 3.63) is 58.3 Å². The first kappa shape index (κ1) is 15.0. The van der Waals surface area contributed by atoms with E-state index >= 15 is 0 Å². The molecule has 0 N–H and O–H groups in total. The van der Waals surface area contributed by atoms with E-state index in [2.05, 4.69) is 0 Å². The summed E-state index contributed by atoms with van der Waals surface area (Å²) in [5, 5.41) is 0.253. The summed E-state index contributed by atoms with van der Waals surface area (Å²) in [6, 6.07) is 7.50. The van der Waals surface area contributed by atoms with Crippen LogP contribution >= 0.6 is 0 Å². The first-order valence-corrected chi connectivity index (χ1v) is 6.69. The fourth-order valence-corrected chi connectivity index (χ4v) is 2.32. The molecule has 0 atom stereocenters. The number of hydrogen-bond donors (Lipinski definition) is 0. The molecule has 0 spiro atoms. The van der Waals surface area contributed by atoms with Crippen LogP contribution in [0.25, 0.3) is 22.3 Å². The van der Waals surface area contributed by atoms with Crippen LogP contribution in [0, 0.1) is 11.6 Å². The van der Waals surface area contributed by atoms with Gasteiger partial charge in [-0.2, -0.15) is 0 Å². The highest BCUT2D eigenvalue weighted by Crippen LogP contribution is 2.33. The number of halogens is 2. The molecule has 0 saturated heterocycles. The molecule has 0 aliphatic rings. The summed E-state index contributed by atoms with van der Waals surface area (Å²) in [6.45, 7) is 0. The van der Waals surface area contributed by atoms with Gasteiger partial charge in [0.25, 0.3) is 0 Å². The molecule has 0 amide bonds. The van der Waals surface area contributed by atoms with Gasteiger partial charge in [0.15, 0.2) is 5.76 Å². The predicted octanol–water partition coefficient (Wildman–Crippen LogP) is 3.76. The maximum atomic E-state index is 14.0. The minimum atomic E-state index is -0.727. The van der Waals surface area contributed by atoms with Crippen molar-refractivity contribution >= 4 is 11.0 Å². The third-order valence-electron chi connectivity index (χ3n) is 3.44. The van der Waals surface area contributed by atoms with E-state index in [4.69, 9.17) is 13.9 Å². The Hall–Kier alpha value is -2.89. The summed E-state index contributed by atoms with van der Waals surface area (Å²) >= 11 is 0. The van der Waals surface area contributed by atoms with E-state index in [9.17, 15) is 13.6 Å². The van der Waals surface area contributed by atoms with Crippen molar-refractivity contribution in [3.8, 4) is 22.8 Å². The summed E-state index contributed by atoms with van der Waals surface area (Å²) in [5.41, 5.74) is -0.479. The topological polar surface area (TPSA) is 48.7 Å². The van der Waals surface area contributed by atoms with Crippen molar-refractivity contribution in [2.75, 3.05) is 14.2 Å². The van der Waals surface area contributed by atoms with Crippen LogP contribution in [-0.2, 0) is 0 Å². The average molecular weight is 318 g/mol. The Labute approximate surface area is 129 Å². The molecule has 0 fully saturated rings. The number of hydrogen-bond acceptors (Lipinski definition) is 4. The number of methoxy groups -OCH3 is 2. The van der Waals surface area contributed by atoms with Crippen LogP contribution < -0.4 is 14.9 Å². The monoisotopic (exact) mass is 318 g/mol. The predicted molar refractivity (Wildman–Crippen MR) is 80.9 cm³/mol. The van der Waals surface area contributed by atoms with E-state index in [1.165, 1.54) is 26.4 Å². The van der Waals surface area contributed by atoms with Gasteiger partial charge < -0.3 is 13.9 Å². The Morgan fingerprint density at radius 3 is 2.48 bits per heavy atom. The third kappa shape index (κ3) is 2.52. The highest BCUT2D eigenvalue weighted by Gasteiger charge is 2.20. The van der Waals surface area contributed by atoms with E-state index in [1.807, 2.05) is 0 Å². The molecule has 0 aliphatic heterocycles. The molecule has 0 aliphatic carbocycles. The molecule has 0 radical (unpaired) electrons. The molecule has 1 heterocycles. The molecule has 118 valence electrons. The molecule has 4 nitrogen and oxygen atoms in total. The van der Waals surface area contributed by atoms with Crippen LogP contribution in [0.15, 0.2) is 45.6 Å². The van der Waals surface area contributed by atoms with Gasteiger partial charge in [-0.3, -0.25) is 4.79 Å². The summed E-state index contributed by atoms with van der Waals surface area (Å²) < 4.78 is 43.3. The second-order valence-electron chi connectivity index (χ2n) is 4.78. The van der Waals surface area contributed by atoms with Gasteiger partial charge in [0.2, 0.25) is 11.2 Å². The number of rotatable bonds is 3. The molecular formula is C17H12F2O4. The van der Waals surface area contributed by atoms with Gasteiger partial charge in [0.1, 0.15) is 23.0 Å². The third-order valence-corrected chi connectivity index (χ3v) is 3.44. The molecule has 0 bridgehead atoms. The molecular weight excluding hydrogens is 306 g/mol. The van der Waals surface area contributed by atoms with Crippen molar-refractivity contribution < 1.29 is 22.7 Å². The fourth-order valence-electron chi connectivity index (χ4n) is 2.32. The Balaban J connectivity index is 2.39. The summed E-state index contributed by atoms with van der Waals surface area (Å²) in [5.74, 6) is -1.27. The van der Waals surface area contributed by atoms with Crippen molar-refractivity contribution in [1.82, 2.24) is 0 Å². The van der Waals surface area contributed by atoms with Gasteiger partial charge in [0, 0.05) is 6.07 Å². The maximum absolute atomic E-state index is 14.0. The molecule has 3 rings (SSSR count). The summed E-state index contributed by atoms with van der Waals surface area (Å²) in [4.78, 5) is 12.5. The summed E-state index contributed by atoms with van der Waals surface area (Å²) in [7, 11) is 2.73. The van der Waals surface area contributed by atoms with Crippen LogP contribution in [0.1, 0.15) is 0 Å². The van der Waals surface area contributed by atoms with Crippen molar-refractivity contribution in [3.63, 3.8) is 0 Å². The normalized spacial score (nSPS) is 10.8. The first-order valence-electron chi connectivity index (χ1n) is 6.69. The Bertz CT molecular complexity index is 947. The van der Waals surface area contributed by atoms with Crippen LogP contribution in [0.5, 0.6) is 11.5 Å². The van der Waals surface area contributed by atoms with E-state index < -0.39 is 17.1 Å². The quantitative estimate of drug-likeness (QED) is 0.738. The van der Waals surface area contributed by atoms with Crippen LogP contribution in [0.3, 0.4) is 0 Å². The van der Waals surface area contributed by atoms with Crippen molar-refractivity contribution in [2.45, 2.75) is 0 Å². The lowest BCUT2D eigenvalue weighted by atomic mass is 10.1. The molecule has 0 unspecified atom stereocenters. The molecule has 23 heavy (non-hydrogen) atoms. The average Bonchev–Trinajstić information content (AvgIpc) is 2.56. The molecule has 1 aromatic heterocycles. The van der Waals surface area contributed by atoms with Gasteiger partial charge in [0.05, 0.1) is 25.2 Å². The second kappa shape index (κ2) is 5.72. The zero-order chi connectivity index (χ0) is 16.6. The van der Waals surface area contributed by atoms with Crippen LogP contribution in [-0.4, -0.2) is 14.2 Å². The van der Waals surface area contributed by atoms with E-state index in [0.717, 1.165) is 18.2 Å². The van der Waals surface area contributed by atoms with E-state index in [1.54, 1.807) is 6.07 Å². The van der Waals surface area contributed by atoms with Gasteiger partial charge in [-0.25, -0.2) is 8.78 Å². The number of fused-ring (bicyclic) bond motifs is 1.